The van der Waals surface area contributed by atoms with Gasteiger partial charge in [-0.25, -0.2) is 28.8 Å². The predicted molar refractivity (Wildman–Crippen MR) is 99.9 cm³/mol. The molecular weight excluding hydrogens is 420 g/mol. The van der Waals surface area contributed by atoms with Crippen molar-refractivity contribution in [1.82, 2.24) is 0 Å². The lowest BCUT2D eigenvalue weighted by atomic mass is 10.3. The Hall–Kier alpha value is -3.96. The Morgan fingerprint density at radius 3 is 1.32 bits per heavy atom. The molecule has 0 aliphatic heterocycles. The Morgan fingerprint density at radius 2 is 0.903 bits per heavy atom. The predicted octanol–water partition coefficient (Wildman–Crippen LogP) is -0.436. The molecule has 0 saturated heterocycles. The number of carbonyl (C=O) groups is 6. The van der Waals surface area contributed by atoms with E-state index in [9.17, 15) is 28.8 Å². The molecule has 31 heavy (non-hydrogen) atoms. The van der Waals surface area contributed by atoms with Crippen LogP contribution in [0.2, 0.25) is 0 Å². The summed E-state index contributed by atoms with van der Waals surface area (Å²) in [5, 5.41) is 0. The zero-order valence-corrected chi connectivity index (χ0v) is 17.1. The van der Waals surface area contributed by atoms with Gasteiger partial charge >= 0.3 is 35.8 Å². The van der Waals surface area contributed by atoms with Crippen molar-refractivity contribution in [2.45, 2.75) is 6.92 Å². The fraction of sp³-hybridized carbons (Fsp3) is 0.368. The SMILES string of the molecule is COC(=O)/C=C/C(=O)OCCOC(=O)/C=C(\C)C(=O)OCCOC(=O)/C=C/C(=O)OC. The third kappa shape index (κ3) is 14.7. The van der Waals surface area contributed by atoms with E-state index in [2.05, 4.69) is 18.9 Å². The number of hydrogen-bond donors (Lipinski definition) is 0. The minimum atomic E-state index is -0.880. The number of ether oxygens (including phenoxy) is 6. The van der Waals surface area contributed by atoms with Crippen LogP contribution in [0.15, 0.2) is 36.0 Å². The van der Waals surface area contributed by atoms with Crippen LogP contribution in [0.3, 0.4) is 0 Å². The lowest BCUT2D eigenvalue weighted by molar-refractivity contribution is -0.147. The van der Waals surface area contributed by atoms with Crippen molar-refractivity contribution in [3.8, 4) is 0 Å². The molecule has 0 aliphatic rings. The van der Waals surface area contributed by atoms with Gasteiger partial charge in [-0.15, -0.1) is 0 Å². The van der Waals surface area contributed by atoms with E-state index >= 15 is 0 Å². The maximum absolute atomic E-state index is 11.7. The van der Waals surface area contributed by atoms with Crippen molar-refractivity contribution in [1.29, 1.82) is 0 Å². The van der Waals surface area contributed by atoms with E-state index in [-0.39, 0.29) is 32.0 Å². The van der Waals surface area contributed by atoms with Crippen molar-refractivity contribution >= 4 is 35.8 Å². The van der Waals surface area contributed by atoms with Gasteiger partial charge in [0.2, 0.25) is 0 Å². The third-order valence-corrected chi connectivity index (χ3v) is 2.90. The molecule has 0 spiro atoms. The van der Waals surface area contributed by atoms with Crippen LogP contribution in [0.5, 0.6) is 0 Å². The van der Waals surface area contributed by atoms with Crippen molar-refractivity contribution in [2.75, 3.05) is 40.6 Å². The summed E-state index contributed by atoms with van der Waals surface area (Å²) < 4.78 is 27.5. The Balaban J connectivity index is 4.11. The average Bonchev–Trinajstić information content (AvgIpc) is 2.75. The molecule has 0 aliphatic carbocycles. The summed E-state index contributed by atoms with van der Waals surface area (Å²) in [7, 11) is 2.29. The van der Waals surface area contributed by atoms with Gasteiger partial charge in [-0.2, -0.15) is 0 Å². The molecule has 0 bridgehead atoms. The molecule has 0 rings (SSSR count). The van der Waals surface area contributed by atoms with Gasteiger partial charge in [-0.05, 0) is 6.92 Å². The average molecular weight is 442 g/mol. The lowest BCUT2D eigenvalue weighted by Gasteiger charge is -2.06. The first-order valence-electron chi connectivity index (χ1n) is 8.57. The normalized spacial score (nSPS) is 11.0. The van der Waals surface area contributed by atoms with E-state index in [4.69, 9.17) is 9.47 Å². The number of hydrogen-bond acceptors (Lipinski definition) is 12. The Kier molecular flexibility index (Phi) is 13.9. The number of carbonyl (C=O) groups excluding carboxylic acids is 6. The molecule has 12 heteroatoms. The topological polar surface area (TPSA) is 158 Å². The molecule has 0 fully saturated rings. The summed E-state index contributed by atoms with van der Waals surface area (Å²) in [6.45, 7) is 0.176. The zero-order valence-electron chi connectivity index (χ0n) is 17.1. The van der Waals surface area contributed by atoms with Gasteiger partial charge in [0.15, 0.2) is 0 Å². The minimum Gasteiger partial charge on any atom is -0.466 e. The highest BCUT2D eigenvalue weighted by Gasteiger charge is 2.10. The van der Waals surface area contributed by atoms with Gasteiger partial charge < -0.3 is 28.4 Å². The molecule has 0 unspecified atom stereocenters. The summed E-state index contributed by atoms with van der Waals surface area (Å²) in [5.41, 5.74) is -0.0834. The fourth-order valence-electron chi connectivity index (χ4n) is 1.46. The maximum atomic E-state index is 11.7. The smallest absolute Gasteiger partial charge is 0.334 e. The Bertz CT molecular complexity index is 760. The summed E-state index contributed by atoms with van der Waals surface area (Å²) in [6, 6.07) is 0. The van der Waals surface area contributed by atoms with E-state index < -0.39 is 35.8 Å². The fourth-order valence-corrected chi connectivity index (χ4v) is 1.46. The minimum absolute atomic E-state index is 0.0834. The lowest BCUT2D eigenvalue weighted by Crippen LogP contribution is -2.15. The van der Waals surface area contributed by atoms with Crippen LogP contribution in [0.25, 0.3) is 0 Å². The van der Waals surface area contributed by atoms with Gasteiger partial charge in [-0.3, -0.25) is 0 Å². The molecule has 0 radical (unpaired) electrons. The van der Waals surface area contributed by atoms with Gasteiger partial charge in [-0.1, -0.05) is 0 Å². The summed E-state index contributed by atoms with van der Waals surface area (Å²) in [4.78, 5) is 67.4. The monoisotopic (exact) mass is 442 g/mol. The van der Waals surface area contributed by atoms with Crippen LogP contribution in [-0.4, -0.2) is 76.5 Å². The van der Waals surface area contributed by atoms with E-state index in [0.29, 0.717) is 0 Å². The highest BCUT2D eigenvalue weighted by Crippen LogP contribution is 1.98. The highest BCUT2D eigenvalue weighted by molar-refractivity contribution is 5.96. The molecule has 170 valence electrons. The Labute approximate surface area is 177 Å². The number of methoxy groups -OCH3 is 2. The van der Waals surface area contributed by atoms with Crippen LogP contribution in [0.4, 0.5) is 0 Å². The van der Waals surface area contributed by atoms with Crippen LogP contribution in [0.1, 0.15) is 6.92 Å². The van der Waals surface area contributed by atoms with Crippen molar-refractivity contribution < 1.29 is 57.2 Å². The van der Waals surface area contributed by atoms with Gasteiger partial charge in [0.1, 0.15) is 26.4 Å². The van der Waals surface area contributed by atoms with Gasteiger partial charge in [0.25, 0.3) is 0 Å². The van der Waals surface area contributed by atoms with E-state index in [1.165, 1.54) is 6.92 Å². The quantitative estimate of drug-likeness (QED) is 0.166. The van der Waals surface area contributed by atoms with Crippen LogP contribution in [-0.2, 0) is 57.2 Å². The molecule has 0 heterocycles. The number of esters is 6. The highest BCUT2D eigenvalue weighted by atomic mass is 16.6. The van der Waals surface area contributed by atoms with Crippen LogP contribution >= 0.6 is 0 Å². The Morgan fingerprint density at radius 1 is 0.548 bits per heavy atom. The van der Waals surface area contributed by atoms with E-state index in [0.717, 1.165) is 44.6 Å². The molecule has 0 saturated carbocycles. The maximum Gasteiger partial charge on any atom is 0.334 e. The first kappa shape index (κ1) is 27.0. The standard InChI is InChI=1S/C19H22O12/c1-13(19(25)31-11-10-29-17(23)7-5-15(21)27-3)12-18(24)30-9-8-28-16(22)6-4-14(20)26-2/h4-7,12H,8-11H2,1-3H3/b6-4+,7-5+,13-12+. The first-order valence-corrected chi connectivity index (χ1v) is 8.57. The summed E-state index contributed by atoms with van der Waals surface area (Å²) in [5.74, 6) is -4.86. The zero-order chi connectivity index (χ0) is 23.6. The van der Waals surface area contributed by atoms with E-state index in [1.807, 2.05) is 0 Å². The van der Waals surface area contributed by atoms with Crippen molar-refractivity contribution in [3.63, 3.8) is 0 Å². The largest absolute Gasteiger partial charge is 0.466 e. The molecule has 0 aromatic heterocycles. The van der Waals surface area contributed by atoms with Gasteiger partial charge in [0.05, 0.1) is 14.2 Å². The molecule has 0 aromatic carbocycles. The summed E-state index contributed by atoms with van der Waals surface area (Å²) in [6.07, 6.45) is 4.30. The van der Waals surface area contributed by atoms with Crippen molar-refractivity contribution in [2.24, 2.45) is 0 Å². The number of rotatable bonds is 12. The first-order chi connectivity index (χ1) is 14.7. The van der Waals surface area contributed by atoms with Gasteiger partial charge in [0, 0.05) is 36.0 Å². The van der Waals surface area contributed by atoms with Crippen LogP contribution in [0, 0.1) is 0 Å². The van der Waals surface area contributed by atoms with Crippen LogP contribution < -0.4 is 0 Å². The molecule has 12 nitrogen and oxygen atoms in total. The second-order valence-electron chi connectivity index (χ2n) is 5.18. The third-order valence-electron chi connectivity index (χ3n) is 2.90. The van der Waals surface area contributed by atoms with Crippen molar-refractivity contribution in [3.05, 3.63) is 36.0 Å². The molecule has 0 N–H and O–H groups in total. The molecule has 0 aromatic rings. The second kappa shape index (κ2) is 15.9. The molecule has 0 amide bonds. The molecular formula is C19H22O12. The molecule has 0 atom stereocenters. The second-order valence-corrected chi connectivity index (χ2v) is 5.18. The summed E-state index contributed by atoms with van der Waals surface area (Å²) >= 11 is 0. The van der Waals surface area contributed by atoms with E-state index in [1.54, 1.807) is 0 Å².